The van der Waals surface area contributed by atoms with Crippen molar-refractivity contribution in [3.8, 4) is 0 Å². The number of ether oxygens (including phenoxy) is 2. The molecule has 2 amide bonds. The predicted molar refractivity (Wildman–Crippen MR) is 123 cm³/mol. The second-order valence-corrected chi connectivity index (χ2v) is 7.73. The highest BCUT2D eigenvalue weighted by Gasteiger charge is 2.24. The number of urea groups is 1. The van der Waals surface area contributed by atoms with Crippen molar-refractivity contribution in [1.29, 1.82) is 0 Å². The van der Waals surface area contributed by atoms with Gasteiger partial charge in [-0.15, -0.1) is 0 Å². The van der Waals surface area contributed by atoms with E-state index in [1.54, 1.807) is 24.6 Å². The predicted octanol–water partition coefficient (Wildman–Crippen LogP) is 3.23. The number of carbonyl (C=O) groups is 3. The Balaban J connectivity index is 1.68. The topological polar surface area (TPSA) is 112 Å². The average Bonchev–Trinajstić information content (AvgIpc) is 3.05. The fourth-order valence-corrected chi connectivity index (χ4v) is 3.55. The van der Waals surface area contributed by atoms with E-state index in [0.29, 0.717) is 28.0 Å². The Bertz CT molecular complexity index is 1140. The van der Waals surface area contributed by atoms with Gasteiger partial charge in [-0.3, -0.25) is 0 Å². The number of hydrogen-bond acceptors (Lipinski definition) is 6. The molecule has 0 saturated heterocycles. The normalized spacial score (nSPS) is 13.6. The third-order valence-electron chi connectivity index (χ3n) is 4.71. The smallest absolute Gasteiger partial charge is 0.337 e. The zero-order valence-electron chi connectivity index (χ0n) is 18.0. The summed E-state index contributed by atoms with van der Waals surface area (Å²) in [6, 6.07) is 6.86. The molecule has 174 valence electrons. The molecular formula is C22H22Cl2N4O5. The Kier molecular flexibility index (Phi) is 8.13. The van der Waals surface area contributed by atoms with Crippen molar-refractivity contribution >= 4 is 47.2 Å². The molecule has 0 unspecified atom stereocenters. The van der Waals surface area contributed by atoms with Gasteiger partial charge in [-0.2, -0.15) is 5.10 Å². The molecule has 2 aromatic rings. The largest absolute Gasteiger partial charge is 0.463 e. The fraction of sp³-hybridized carbons (Fsp3) is 0.273. The Hall–Kier alpha value is -3.30. The van der Waals surface area contributed by atoms with Gasteiger partial charge in [0.05, 0.1) is 36.7 Å². The van der Waals surface area contributed by atoms with Crippen molar-refractivity contribution in [1.82, 2.24) is 20.4 Å². The molecule has 1 aromatic heterocycles. The first-order valence-electron chi connectivity index (χ1n) is 10.0. The highest BCUT2D eigenvalue weighted by atomic mass is 35.5. The zero-order chi connectivity index (χ0) is 24.0. The van der Waals surface area contributed by atoms with Crippen LogP contribution in [-0.4, -0.2) is 47.5 Å². The Morgan fingerprint density at radius 2 is 2.00 bits per heavy atom. The number of carbonyl (C=O) groups excluding carboxylic acids is 3. The molecule has 2 N–H and O–H groups in total. The van der Waals surface area contributed by atoms with Gasteiger partial charge in [-0.05, 0) is 31.6 Å². The number of halogens is 2. The lowest BCUT2D eigenvalue weighted by molar-refractivity contribution is -0.140. The number of nitrogens with zero attached hydrogens (tertiary/aromatic N) is 2. The number of benzene rings is 1. The third kappa shape index (κ3) is 6.15. The van der Waals surface area contributed by atoms with E-state index in [1.807, 2.05) is 18.2 Å². The molecule has 3 rings (SSSR count). The standard InChI is InChI=1S/C22H22Cl2N4O5/c1-3-32-21(30)16-10-25-22(31)26-18(16)12-33-19(29)9-8-15-13(2)27-28(20(15)24)11-14-6-4-5-7-17(14)23/h4-9H,3,10-12H2,1-2H3,(H2,25,26,31)/b9-8+. The molecule has 11 heteroatoms. The number of aromatic nitrogens is 2. The van der Waals surface area contributed by atoms with Gasteiger partial charge in [-0.1, -0.05) is 41.4 Å². The molecule has 9 nitrogen and oxygen atoms in total. The van der Waals surface area contributed by atoms with Crippen LogP contribution in [0.4, 0.5) is 4.79 Å². The number of nitrogens with one attached hydrogen (secondary N) is 2. The lowest BCUT2D eigenvalue weighted by Crippen LogP contribution is -2.45. The highest BCUT2D eigenvalue weighted by Crippen LogP contribution is 2.24. The summed E-state index contributed by atoms with van der Waals surface area (Å²) in [5.41, 5.74) is 2.39. The molecule has 33 heavy (non-hydrogen) atoms. The quantitative estimate of drug-likeness (QED) is 0.432. The molecule has 0 bridgehead atoms. The Labute approximate surface area is 200 Å². The summed E-state index contributed by atoms with van der Waals surface area (Å²) in [6.45, 7) is 3.66. The van der Waals surface area contributed by atoms with Gasteiger partial charge in [0.1, 0.15) is 11.8 Å². The van der Waals surface area contributed by atoms with E-state index in [4.69, 9.17) is 32.7 Å². The van der Waals surface area contributed by atoms with Crippen LogP contribution < -0.4 is 10.6 Å². The van der Waals surface area contributed by atoms with Gasteiger partial charge in [0.15, 0.2) is 0 Å². The minimum absolute atomic E-state index is 0.0210. The monoisotopic (exact) mass is 492 g/mol. The molecule has 0 fully saturated rings. The summed E-state index contributed by atoms with van der Waals surface area (Å²) in [4.78, 5) is 35.9. The van der Waals surface area contributed by atoms with E-state index in [2.05, 4.69) is 15.7 Å². The van der Waals surface area contributed by atoms with Gasteiger partial charge >= 0.3 is 18.0 Å². The molecule has 0 atom stereocenters. The minimum atomic E-state index is -0.687. The average molecular weight is 493 g/mol. The first-order valence-corrected chi connectivity index (χ1v) is 10.8. The van der Waals surface area contributed by atoms with Crippen LogP contribution in [0.1, 0.15) is 23.7 Å². The lowest BCUT2D eigenvalue weighted by Gasteiger charge is -2.20. The zero-order valence-corrected chi connectivity index (χ0v) is 19.5. The maximum Gasteiger partial charge on any atom is 0.337 e. The summed E-state index contributed by atoms with van der Waals surface area (Å²) in [5.74, 6) is -1.28. The van der Waals surface area contributed by atoms with Gasteiger partial charge in [0.2, 0.25) is 0 Å². The van der Waals surface area contributed by atoms with E-state index >= 15 is 0 Å². The SMILES string of the molecule is CCOC(=O)C1=C(COC(=O)/C=C/c2c(C)nn(Cc3ccccc3Cl)c2Cl)NC(=O)NC1. The summed E-state index contributed by atoms with van der Waals surface area (Å²) >= 11 is 12.7. The van der Waals surface area contributed by atoms with Crippen molar-refractivity contribution in [3.63, 3.8) is 0 Å². The van der Waals surface area contributed by atoms with E-state index in [0.717, 1.165) is 5.56 Å². The van der Waals surface area contributed by atoms with Crippen LogP contribution >= 0.6 is 23.2 Å². The molecular weight excluding hydrogens is 471 g/mol. The van der Waals surface area contributed by atoms with Crippen LogP contribution in [0.15, 0.2) is 41.6 Å². The molecule has 0 radical (unpaired) electrons. The highest BCUT2D eigenvalue weighted by molar-refractivity contribution is 6.32. The molecule has 0 aliphatic carbocycles. The van der Waals surface area contributed by atoms with Crippen molar-refractivity contribution in [2.45, 2.75) is 20.4 Å². The number of amides is 2. The molecule has 1 aliphatic rings. The molecule has 0 saturated carbocycles. The maximum atomic E-state index is 12.2. The number of aryl methyl sites for hydroxylation is 1. The second kappa shape index (κ2) is 11.0. The molecule has 1 aromatic carbocycles. The number of rotatable bonds is 8. The summed E-state index contributed by atoms with van der Waals surface area (Å²) in [6.07, 6.45) is 2.70. The van der Waals surface area contributed by atoms with Crippen LogP contribution in [0.5, 0.6) is 0 Å². The fourth-order valence-electron chi connectivity index (χ4n) is 3.06. The van der Waals surface area contributed by atoms with Crippen LogP contribution in [-0.2, 0) is 25.6 Å². The Morgan fingerprint density at radius 3 is 2.73 bits per heavy atom. The number of esters is 2. The minimum Gasteiger partial charge on any atom is -0.463 e. The molecule has 0 spiro atoms. The van der Waals surface area contributed by atoms with Gasteiger partial charge < -0.3 is 20.1 Å². The van der Waals surface area contributed by atoms with E-state index in [1.165, 1.54) is 12.2 Å². The molecule has 1 aliphatic heterocycles. The van der Waals surface area contributed by atoms with Crippen molar-refractivity contribution < 1.29 is 23.9 Å². The lowest BCUT2D eigenvalue weighted by atomic mass is 10.2. The first-order chi connectivity index (χ1) is 15.8. The van der Waals surface area contributed by atoms with E-state index in [-0.39, 0.29) is 31.0 Å². The molecule has 2 heterocycles. The van der Waals surface area contributed by atoms with Gasteiger partial charge in [0.25, 0.3) is 0 Å². The van der Waals surface area contributed by atoms with Gasteiger partial charge in [-0.25, -0.2) is 19.1 Å². The van der Waals surface area contributed by atoms with Crippen LogP contribution in [0.3, 0.4) is 0 Å². The summed E-state index contributed by atoms with van der Waals surface area (Å²) in [5, 5.41) is 10.3. The Morgan fingerprint density at radius 1 is 1.24 bits per heavy atom. The summed E-state index contributed by atoms with van der Waals surface area (Å²) < 4.78 is 11.7. The van der Waals surface area contributed by atoms with Crippen LogP contribution in [0.25, 0.3) is 6.08 Å². The van der Waals surface area contributed by atoms with Crippen molar-refractivity contribution in [2.75, 3.05) is 19.8 Å². The van der Waals surface area contributed by atoms with Crippen molar-refractivity contribution in [3.05, 3.63) is 68.6 Å². The van der Waals surface area contributed by atoms with Gasteiger partial charge in [0, 0.05) is 16.7 Å². The van der Waals surface area contributed by atoms with Crippen LogP contribution in [0.2, 0.25) is 10.2 Å². The van der Waals surface area contributed by atoms with Crippen LogP contribution in [0, 0.1) is 6.92 Å². The third-order valence-corrected chi connectivity index (χ3v) is 5.48. The summed E-state index contributed by atoms with van der Waals surface area (Å²) in [7, 11) is 0. The number of hydrogen-bond donors (Lipinski definition) is 2. The first kappa shape index (κ1) is 24.3. The maximum absolute atomic E-state index is 12.2. The van der Waals surface area contributed by atoms with E-state index in [9.17, 15) is 14.4 Å². The second-order valence-electron chi connectivity index (χ2n) is 6.97. The van der Waals surface area contributed by atoms with Crippen molar-refractivity contribution in [2.24, 2.45) is 0 Å². The van der Waals surface area contributed by atoms with E-state index < -0.39 is 18.0 Å².